The van der Waals surface area contributed by atoms with E-state index < -0.39 is 17.7 Å². The van der Waals surface area contributed by atoms with E-state index in [1.54, 1.807) is 0 Å². The van der Waals surface area contributed by atoms with Gasteiger partial charge in [-0.15, -0.1) is 0 Å². The van der Waals surface area contributed by atoms with Crippen LogP contribution in [-0.2, 0) is 6.18 Å². The Morgan fingerprint density at radius 3 is 2.38 bits per heavy atom. The summed E-state index contributed by atoms with van der Waals surface area (Å²) in [5.74, 6) is -0.872. The predicted octanol–water partition coefficient (Wildman–Crippen LogP) is 4.34. The van der Waals surface area contributed by atoms with Gasteiger partial charge in [0.2, 0.25) is 0 Å². The van der Waals surface area contributed by atoms with Gasteiger partial charge in [-0.3, -0.25) is 0 Å². The number of hydrogen-bond donors (Lipinski definition) is 1. The maximum absolute atomic E-state index is 13.0. The summed E-state index contributed by atoms with van der Waals surface area (Å²) in [5, 5.41) is 14.0. The second-order valence-corrected chi connectivity index (χ2v) is 6.46. The summed E-state index contributed by atoms with van der Waals surface area (Å²) < 4.78 is 40.4. The van der Waals surface area contributed by atoms with Crippen LogP contribution in [0.2, 0.25) is 0 Å². The molecule has 0 spiro atoms. The lowest BCUT2D eigenvalue weighted by Crippen LogP contribution is -2.09. The van der Waals surface area contributed by atoms with Crippen LogP contribution >= 0.6 is 0 Å². The van der Waals surface area contributed by atoms with E-state index in [4.69, 9.17) is 0 Å². The van der Waals surface area contributed by atoms with Gasteiger partial charge in [0.25, 0.3) is 0 Å². The van der Waals surface area contributed by atoms with Crippen LogP contribution < -0.4 is 0 Å². The number of carboxylic acids is 1. The molecule has 2 saturated carbocycles. The third kappa shape index (κ3) is 2.57. The van der Waals surface area contributed by atoms with E-state index in [0.29, 0.717) is 11.4 Å². The fourth-order valence-corrected chi connectivity index (χ4v) is 3.06. The molecule has 24 heavy (non-hydrogen) atoms. The third-order valence-corrected chi connectivity index (χ3v) is 4.51. The summed E-state index contributed by atoms with van der Waals surface area (Å²) in [6.07, 6.45) is -1.00. The maximum atomic E-state index is 13.0. The topological polar surface area (TPSA) is 55.1 Å². The summed E-state index contributed by atoms with van der Waals surface area (Å²) in [5.41, 5.74) is 0.756. The van der Waals surface area contributed by atoms with Crippen molar-refractivity contribution >= 4 is 5.97 Å². The van der Waals surface area contributed by atoms with Crippen molar-refractivity contribution < 1.29 is 23.1 Å². The fraction of sp³-hybridized carbons (Fsp3) is 0.412. The molecule has 2 aromatic rings. The van der Waals surface area contributed by atoms with Crippen molar-refractivity contribution in [2.24, 2.45) is 0 Å². The van der Waals surface area contributed by atoms with E-state index in [1.807, 2.05) is 0 Å². The van der Waals surface area contributed by atoms with Crippen LogP contribution in [0.15, 0.2) is 24.3 Å². The first-order valence-electron chi connectivity index (χ1n) is 7.90. The molecule has 2 fully saturated rings. The highest BCUT2D eigenvalue weighted by molar-refractivity contribution is 5.91. The molecule has 0 saturated heterocycles. The van der Waals surface area contributed by atoms with Crippen molar-refractivity contribution in [1.29, 1.82) is 0 Å². The van der Waals surface area contributed by atoms with Crippen LogP contribution in [0.3, 0.4) is 0 Å². The van der Waals surface area contributed by atoms with Gasteiger partial charge in [-0.25, -0.2) is 9.48 Å². The molecular weight excluding hydrogens is 321 g/mol. The minimum atomic E-state index is -4.45. The minimum Gasteiger partial charge on any atom is -0.478 e. The standard InChI is InChI=1S/C17H15F3N2O2/c18-17(19,20)11-2-1-3-12(8-11)22-15(10-6-7-10)13(16(23)24)14(21-22)9-4-5-9/h1-3,8-10H,4-7H2,(H,23,24). The monoisotopic (exact) mass is 336 g/mol. The molecular formula is C17H15F3N2O2. The molecule has 0 bridgehead atoms. The Hall–Kier alpha value is -2.31. The number of carbonyl (C=O) groups is 1. The smallest absolute Gasteiger partial charge is 0.416 e. The van der Waals surface area contributed by atoms with Crippen molar-refractivity contribution in [1.82, 2.24) is 9.78 Å². The number of aromatic carboxylic acids is 1. The molecule has 0 aliphatic heterocycles. The first-order valence-corrected chi connectivity index (χ1v) is 7.90. The largest absolute Gasteiger partial charge is 0.478 e. The summed E-state index contributed by atoms with van der Waals surface area (Å²) in [6.45, 7) is 0. The zero-order valence-electron chi connectivity index (χ0n) is 12.7. The average Bonchev–Trinajstić information content (AvgIpc) is 3.43. The number of carboxylic acid groups (broad SMARTS) is 1. The molecule has 0 atom stereocenters. The van der Waals surface area contributed by atoms with E-state index in [9.17, 15) is 23.1 Å². The molecule has 1 N–H and O–H groups in total. The van der Waals surface area contributed by atoms with E-state index in [2.05, 4.69) is 5.10 Å². The molecule has 1 aromatic heterocycles. The summed E-state index contributed by atoms with van der Waals surface area (Å²) in [4.78, 5) is 11.7. The number of nitrogens with zero attached hydrogens (tertiary/aromatic N) is 2. The van der Waals surface area contributed by atoms with Crippen molar-refractivity contribution in [3.05, 3.63) is 46.8 Å². The van der Waals surface area contributed by atoms with Gasteiger partial charge in [0.1, 0.15) is 5.56 Å². The first kappa shape index (κ1) is 15.2. The molecule has 4 nitrogen and oxygen atoms in total. The molecule has 7 heteroatoms. The third-order valence-electron chi connectivity index (χ3n) is 4.51. The van der Waals surface area contributed by atoms with Crippen LogP contribution in [0.25, 0.3) is 5.69 Å². The number of benzene rings is 1. The second kappa shape index (κ2) is 5.09. The number of rotatable bonds is 4. The molecule has 2 aliphatic rings. The lowest BCUT2D eigenvalue weighted by atomic mass is 10.1. The molecule has 2 aliphatic carbocycles. The molecule has 0 unspecified atom stereocenters. The highest BCUT2D eigenvalue weighted by atomic mass is 19.4. The van der Waals surface area contributed by atoms with Crippen LogP contribution in [0.1, 0.15) is 64.8 Å². The Balaban J connectivity index is 1.89. The Labute approximate surface area is 135 Å². The van der Waals surface area contributed by atoms with Gasteiger partial charge in [0.05, 0.1) is 22.6 Å². The van der Waals surface area contributed by atoms with Gasteiger partial charge in [0.15, 0.2) is 0 Å². The van der Waals surface area contributed by atoms with Crippen LogP contribution in [0.5, 0.6) is 0 Å². The zero-order chi connectivity index (χ0) is 17.1. The predicted molar refractivity (Wildman–Crippen MR) is 79.5 cm³/mol. The maximum Gasteiger partial charge on any atom is 0.416 e. The minimum absolute atomic E-state index is 0.0608. The Bertz CT molecular complexity index is 818. The molecule has 0 radical (unpaired) electrons. The van der Waals surface area contributed by atoms with Gasteiger partial charge < -0.3 is 5.11 Å². The quantitative estimate of drug-likeness (QED) is 0.903. The van der Waals surface area contributed by atoms with Crippen molar-refractivity contribution in [3.63, 3.8) is 0 Å². The van der Waals surface area contributed by atoms with E-state index in [0.717, 1.165) is 37.8 Å². The van der Waals surface area contributed by atoms with Gasteiger partial charge in [-0.1, -0.05) is 6.07 Å². The number of halogens is 3. The number of hydrogen-bond acceptors (Lipinski definition) is 2. The van der Waals surface area contributed by atoms with E-state index in [1.165, 1.54) is 16.8 Å². The SMILES string of the molecule is O=C(O)c1c(C2CC2)nn(-c2cccc(C(F)(F)F)c2)c1C1CC1. The average molecular weight is 336 g/mol. The molecule has 1 aromatic carbocycles. The van der Waals surface area contributed by atoms with Crippen LogP contribution in [0, 0.1) is 0 Å². The highest BCUT2D eigenvalue weighted by Gasteiger charge is 2.40. The zero-order valence-corrected chi connectivity index (χ0v) is 12.7. The fourth-order valence-electron chi connectivity index (χ4n) is 3.06. The van der Waals surface area contributed by atoms with Gasteiger partial charge >= 0.3 is 12.1 Å². The van der Waals surface area contributed by atoms with Gasteiger partial charge in [-0.05, 0) is 43.9 Å². The lowest BCUT2D eigenvalue weighted by Gasteiger charge is -2.11. The molecule has 1 heterocycles. The molecule has 126 valence electrons. The van der Waals surface area contributed by atoms with Gasteiger partial charge in [-0.2, -0.15) is 18.3 Å². The van der Waals surface area contributed by atoms with E-state index in [-0.39, 0.29) is 23.1 Å². The summed E-state index contributed by atoms with van der Waals surface area (Å²) in [6, 6.07) is 4.90. The number of aromatic nitrogens is 2. The summed E-state index contributed by atoms with van der Waals surface area (Å²) in [7, 11) is 0. The van der Waals surface area contributed by atoms with Crippen molar-refractivity contribution in [3.8, 4) is 5.69 Å². The Kier molecular flexibility index (Phi) is 3.23. The van der Waals surface area contributed by atoms with Crippen LogP contribution in [-0.4, -0.2) is 20.9 Å². The van der Waals surface area contributed by atoms with Crippen LogP contribution in [0.4, 0.5) is 13.2 Å². The van der Waals surface area contributed by atoms with E-state index >= 15 is 0 Å². The first-order chi connectivity index (χ1) is 11.4. The normalized spacial score (nSPS) is 18.0. The Morgan fingerprint density at radius 2 is 1.83 bits per heavy atom. The number of alkyl halides is 3. The lowest BCUT2D eigenvalue weighted by molar-refractivity contribution is -0.137. The highest BCUT2D eigenvalue weighted by Crippen LogP contribution is 2.48. The Morgan fingerprint density at radius 1 is 1.17 bits per heavy atom. The summed E-state index contributed by atoms with van der Waals surface area (Å²) >= 11 is 0. The second-order valence-electron chi connectivity index (χ2n) is 6.46. The van der Waals surface area contributed by atoms with Crippen molar-refractivity contribution in [2.45, 2.75) is 43.7 Å². The van der Waals surface area contributed by atoms with Gasteiger partial charge in [0, 0.05) is 11.8 Å². The molecule has 0 amide bonds. The van der Waals surface area contributed by atoms with Crippen molar-refractivity contribution in [2.75, 3.05) is 0 Å². The molecule has 4 rings (SSSR count).